The van der Waals surface area contributed by atoms with Gasteiger partial charge in [0.05, 0.1) is 5.56 Å². The minimum absolute atomic E-state index is 0.346. The van der Waals surface area contributed by atoms with Crippen molar-refractivity contribution in [3.8, 4) is 5.75 Å². The molecule has 3 aromatic rings. The summed E-state index contributed by atoms with van der Waals surface area (Å²) in [5.74, 6) is -0.104. The highest BCUT2D eigenvalue weighted by atomic mass is 16.5. The summed E-state index contributed by atoms with van der Waals surface area (Å²) in [5, 5.41) is 2.79. The summed E-state index contributed by atoms with van der Waals surface area (Å²) in [6.07, 6.45) is -0.470. The maximum Gasteiger partial charge on any atom is 0.339 e. The molecule has 0 fully saturated rings. The van der Waals surface area contributed by atoms with E-state index in [1.165, 1.54) is 0 Å². The molecular formula is C23H19NO4. The molecule has 28 heavy (non-hydrogen) atoms. The van der Waals surface area contributed by atoms with E-state index in [4.69, 9.17) is 9.47 Å². The Balaban J connectivity index is 1.35. The largest absolute Gasteiger partial charge is 0.489 e. The molecule has 0 saturated carbocycles. The third-order valence-corrected chi connectivity index (χ3v) is 4.55. The van der Waals surface area contributed by atoms with Crippen molar-refractivity contribution >= 4 is 17.6 Å². The van der Waals surface area contributed by atoms with Crippen LogP contribution >= 0.6 is 0 Å². The lowest BCUT2D eigenvalue weighted by Gasteiger charge is -2.23. The summed E-state index contributed by atoms with van der Waals surface area (Å²) in [6, 6.07) is 24.2. The van der Waals surface area contributed by atoms with Crippen LogP contribution in [-0.2, 0) is 22.6 Å². The van der Waals surface area contributed by atoms with Gasteiger partial charge >= 0.3 is 5.97 Å². The normalized spacial score (nSPS) is 15.3. The van der Waals surface area contributed by atoms with Gasteiger partial charge in [0.1, 0.15) is 12.4 Å². The summed E-state index contributed by atoms with van der Waals surface area (Å²) in [5.41, 5.74) is 3.04. The molecule has 1 N–H and O–H groups in total. The number of carbonyl (C=O) groups excluding carboxylic acids is 2. The van der Waals surface area contributed by atoms with E-state index in [1.54, 1.807) is 36.4 Å². The molecule has 1 amide bonds. The predicted octanol–water partition coefficient (Wildman–Crippen LogP) is 3.99. The summed E-state index contributed by atoms with van der Waals surface area (Å²) in [6.45, 7) is 0.476. The number of benzene rings is 3. The number of hydrogen-bond donors (Lipinski definition) is 1. The summed E-state index contributed by atoms with van der Waals surface area (Å²) >= 11 is 0. The fourth-order valence-electron chi connectivity index (χ4n) is 3.08. The molecule has 0 aliphatic carbocycles. The zero-order valence-electron chi connectivity index (χ0n) is 15.1. The van der Waals surface area contributed by atoms with Crippen molar-refractivity contribution in [1.29, 1.82) is 0 Å². The smallest absolute Gasteiger partial charge is 0.339 e. The van der Waals surface area contributed by atoms with E-state index < -0.39 is 12.1 Å². The lowest BCUT2D eigenvalue weighted by atomic mass is 9.98. The second-order valence-electron chi connectivity index (χ2n) is 6.54. The van der Waals surface area contributed by atoms with Gasteiger partial charge in [-0.05, 0) is 41.5 Å². The van der Waals surface area contributed by atoms with Gasteiger partial charge in [-0.1, -0.05) is 48.5 Å². The van der Waals surface area contributed by atoms with Gasteiger partial charge in [-0.3, -0.25) is 4.79 Å². The Labute approximate surface area is 162 Å². The Morgan fingerprint density at radius 1 is 0.964 bits per heavy atom. The molecule has 1 aliphatic heterocycles. The molecule has 1 heterocycles. The van der Waals surface area contributed by atoms with Gasteiger partial charge < -0.3 is 14.8 Å². The fourth-order valence-corrected chi connectivity index (χ4v) is 3.08. The van der Waals surface area contributed by atoms with Crippen LogP contribution in [0.15, 0.2) is 78.9 Å². The van der Waals surface area contributed by atoms with E-state index in [0.29, 0.717) is 30.0 Å². The lowest BCUT2D eigenvalue weighted by Crippen LogP contribution is -2.37. The van der Waals surface area contributed by atoms with Crippen LogP contribution in [-0.4, -0.2) is 18.0 Å². The first-order valence-corrected chi connectivity index (χ1v) is 9.05. The van der Waals surface area contributed by atoms with Crippen LogP contribution < -0.4 is 10.1 Å². The molecule has 3 aromatic carbocycles. The topological polar surface area (TPSA) is 64.6 Å². The maximum absolute atomic E-state index is 12.5. The van der Waals surface area contributed by atoms with E-state index in [0.717, 1.165) is 11.1 Å². The number of cyclic esters (lactones) is 1. The zero-order chi connectivity index (χ0) is 19.3. The van der Waals surface area contributed by atoms with Crippen LogP contribution in [0, 0.1) is 0 Å². The van der Waals surface area contributed by atoms with Crippen molar-refractivity contribution in [3.63, 3.8) is 0 Å². The Morgan fingerprint density at radius 2 is 1.68 bits per heavy atom. The van der Waals surface area contributed by atoms with Crippen molar-refractivity contribution in [2.24, 2.45) is 0 Å². The minimum atomic E-state index is -0.837. The fraction of sp³-hybridized carbons (Fsp3) is 0.130. The van der Waals surface area contributed by atoms with Crippen molar-refractivity contribution in [2.75, 3.05) is 5.32 Å². The van der Waals surface area contributed by atoms with Gasteiger partial charge in [0.15, 0.2) is 6.10 Å². The standard InChI is InChI=1S/C23H19NO4/c25-22(21-14-17-8-4-5-9-20(17)23(26)28-21)24-18-10-12-19(13-11-18)27-15-16-6-2-1-3-7-16/h1-13,21H,14-15H2,(H,24,25). The average molecular weight is 373 g/mol. The molecule has 1 aliphatic rings. The molecule has 5 nitrogen and oxygen atoms in total. The number of esters is 1. The zero-order valence-corrected chi connectivity index (χ0v) is 15.1. The molecule has 0 spiro atoms. The molecule has 4 rings (SSSR count). The van der Waals surface area contributed by atoms with E-state index in [-0.39, 0.29) is 5.91 Å². The molecule has 0 radical (unpaired) electrons. The van der Waals surface area contributed by atoms with Crippen LogP contribution in [0.25, 0.3) is 0 Å². The number of rotatable bonds is 5. The van der Waals surface area contributed by atoms with Gasteiger partial charge in [0, 0.05) is 12.1 Å². The first-order valence-electron chi connectivity index (χ1n) is 9.05. The minimum Gasteiger partial charge on any atom is -0.489 e. The molecule has 0 aromatic heterocycles. The molecule has 1 unspecified atom stereocenters. The SMILES string of the molecule is O=C1OC(C(=O)Nc2ccc(OCc3ccccc3)cc2)Cc2ccccc21. The van der Waals surface area contributed by atoms with Gasteiger partial charge in [-0.15, -0.1) is 0 Å². The predicted molar refractivity (Wildman–Crippen MR) is 105 cm³/mol. The van der Waals surface area contributed by atoms with E-state index in [9.17, 15) is 9.59 Å². The highest BCUT2D eigenvalue weighted by molar-refractivity contribution is 6.00. The van der Waals surface area contributed by atoms with E-state index in [1.807, 2.05) is 42.5 Å². The number of ether oxygens (including phenoxy) is 2. The second-order valence-corrected chi connectivity index (χ2v) is 6.54. The Morgan fingerprint density at radius 3 is 2.46 bits per heavy atom. The molecule has 0 saturated heterocycles. The lowest BCUT2D eigenvalue weighted by molar-refractivity contribution is -0.125. The molecule has 1 atom stereocenters. The Hall–Kier alpha value is -3.60. The summed E-state index contributed by atoms with van der Waals surface area (Å²) in [7, 11) is 0. The quantitative estimate of drug-likeness (QED) is 0.687. The summed E-state index contributed by atoms with van der Waals surface area (Å²) in [4.78, 5) is 24.6. The first-order chi connectivity index (χ1) is 13.7. The third kappa shape index (κ3) is 4.04. The maximum atomic E-state index is 12.5. The monoisotopic (exact) mass is 373 g/mol. The van der Waals surface area contributed by atoms with E-state index in [2.05, 4.69) is 5.32 Å². The number of fused-ring (bicyclic) bond motifs is 1. The summed E-state index contributed by atoms with van der Waals surface area (Å²) < 4.78 is 11.0. The number of nitrogens with one attached hydrogen (secondary N) is 1. The van der Waals surface area contributed by atoms with Crippen molar-refractivity contribution in [3.05, 3.63) is 95.6 Å². The average Bonchev–Trinajstić information content (AvgIpc) is 2.74. The van der Waals surface area contributed by atoms with Crippen molar-refractivity contribution in [2.45, 2.75) is 19.1 Å². The second kappa shape index (κ2) is 7.96. The highest BCUT2D eigenvalue weighted by Gasteiger charge is 2.31. The third-order valence-electron chi connectivity index (χ3n) is 4.55. The molecule has 140 valence electrons. The van der Waals surface area contributed by atoms with Crippen molar-refractivity contribution < 1.29 is 19.1 Å². The molecule has 0 bridgehead atoms. The number of amides is 1. The van der Waals surface area contributed by atoms with Crippen LogP contribution in [0.5, 0.6) is 5.75 Å². The van der Waals surface area contributed by atoms with Crippen LogP contribution in [0.2, 0.25) is 0 Å². The first kappa shape index (κ1) is 17.8. The number of carbonyl (C=O) groups is 2. The molecular weight excluding hydrogens is 354 g/mol. The Kier molecular flexibility index (Phi) is 5.06. The van der Waals surface area contributed by atoms with Crippen LogP contribution in [0.1, 0.15) is 21.5 Å². The van der Waals surface area contributed by atoms with Gasteiger partial charge in [-0.25, -0.2) is 4.79 Å². The Bertz CT molecular complexity index is 983. The van der Waals surface area contributed by atoms with Gasteiger partial charge in [0.25, 0.3) is 5.91 Å². The highest BCUT2D eigenvalue weighted by Crippen LogP contribution is 2.22. The van der Waals surface area contributed by atoms with Crippen LogP contribution in [0.4, 0.5) is 5.69 Å². The number of anilines is 1. The van der Waals surface area contributed by atoms with Gasteiger partial charge in [0.2, 0.25) is 0 Å². The van der Waals surface area contributed by atoms with Gasteiger partial charge in [-0.2, -0.15) is 0 Å². The molecule has 5 heteroatoms. The van der Waals surface area contributed by atoms with Crippen molar-refractivity contribution in [1.82, 2.24) is 0 Å². The van der Waals surface area contributed by atoms with Crippen LogP contribution in [0.3, 0.4) is 0 Å². The van der Waals surface area contributed by atoms with E-state index >= 15 is 0 Å². The number of hydrogen-bond acceptors (Lipinski definition) is 4.